The highest BCUT2D eigenvalue weighted by atomic mass is 32.1. The van der Waals surface area contributed by atoms with Gasteiger partial charge < -0.3 is 9.47 Å². The smallest absolute Gasteiger partial charge is 0.333 e. The van der Waals surface area contributed by atoms with Crippen LogP contribution in [0.15, 0.2) is 47.3 Å². The molecular formula is C26H24N2O5S. The first kappa shape index (κ1) is 24.7. The number of thiazole rings is 1. The maximum absolute atomic E-state index is 13.4. The van der Waals surface area contributed by atoms with Gasteiger partial charge in [-0.2, -0.15) is 5.26 Å². The van der Waals surface area contributed by atoms with Crippen molar-refractivity contribution in [3.63, 3.8) is 0 Å². The van der Waals surface area contributed by atoms with Crippen molar-refractivity contribution < 1.29 is 19.1 Å². The fourth-order valence-electron chi connectivity index (χ4n) is 3.27. The molecule has 2 aromatic carbocycles. The maximum atomic E-state index is 13.4. The van der Waals surface area contributed by atoms with Crippen molar-refractivity contribution in [3.8, 4) is 11.8 Å². The number of carbonyl (C=O) groups excluding carboxylic acids is 2. The topological polar surface area (TPSA) is 98.4 Å². The molecule has 0 fully saturated rings. The van der Waals surface area contributed by atoms with Crippen molar-refractivity contribution in [2.75, 3.05) is 13.2 Å². The van der Waals surface area contributed by atoms with Gasteiger partial charge in [-0.1, -0.05) is 12.1 Å². The molecule has 174 valence electrons. The molecular weight excluding hydrogens is 452 g/mol. The lowest BCUT2D eigenvalue weighted by molar-refractivity contribution is -0.135. The second kappa shape index (κ2) is 11.3. The molecule has 0 aliphatic carbocycles. The van der Waals surface area contributed by atoms with Crippen LogP contribution in [-0.4, -0.2) is 29.5 Å². The summed E-state index contributed by atoms with van der Waals surface area (Å²) in [5.41, 5.74) is 2.13. The van der Waals surface area contributed by atoms with Crippen LogP contribution >= 0.6 is 11.3 Å². The zero-order valence-electron chi connectivity index (χ0n) is 19.2. The molecule has 0 aliphatic rings. The van der Waals surface area contributed by atoms with E-state index < -0.39 is 5.97 Å². The first-order chi connectivity index (χ1) is 16.4. The van der Waals surface area contributed by atoms with Crippen LogP contribution < -0.4 is 19.5 Å². The number of ether oxygens (including phenoxy) is 2. The summed E-state index contributed by atoms with van der Waals surface area (Å²) in [6.07, 6.45) is 3.00. The Bertz CT molecular complexity index is 1430. The number of nitriles is 1. The van der Waals surface area contributed by atoms with Gasteiger partial charge in [-0.25, -0.2) is 4.79 Å². The van der Waals surface area contributed by atoms with E-state index in [1.54, 1.807) is 55.5 Å². The van der Waals surface area contributed by atoms with Gasteiger partial charge in [0.05, 0.1) is 42.0 Å². The van der Waals surface area contributed by atoms with Crippen LogP contribution in [0.2, 0.25) is 0 Å². The van der Waals surface area contributed by atoms with E-state index in [-0.39, 0.29) is 24.5 Å². The molecule has 0 spiro atoms. The predicted molar refractivity (Wildman–Crippen MR) is 130 cm³/mol. The minimum atomic E-state index is -0.551. The molecule has 0 atom stereocenters. The third-order valence-electron chi connectivity index (χ3n) is 4.90. The second-order valence-electron chi connectivity index (χ2n) is 7.28. The van der Waals surface area contributed by atoms with Crippen molar-refractivity contribution in [2.24, 2.45) is 0 Å². The summed E-state index contributed by atoms with van der Waals surface area (Å²) < 4.78 is 13.1. The second-order valence-corrected chi connectivity index (χ2v) is 8.34. The SMILES string of the molecule is CCOC(=O)C=c1sc(=Cc2ccc(C#N)cc2)c(=O)n1Cc1cc(C(C)=O)ccc1OCC. The third-order valence-corrected chi connectivity index (χ3v) is 5.96. The average Bonchev–Trinajstić information content (AvgIpc) is 3.09. The summed E-state index contributed by atoms with van der Waals surface area (Å²) in [6, 6.07) is 14.0. The molecule has 1 heterocycles. The Labute approximate surface area is 200 Å². The van der Waals surface area contributed by atoms with Gasteiger partial charge in [0.25, 0.3) is 5.56 Å². The van der Waals surface area contributed by atoms with Crippen molar-refractivity contribution >= 4 is 35.2 Å². The lowest BCUT2D eigenvalue weighted by Crippen LogP contribution is -2.32. The van der Waals surface area contributed by atoms with E-state index in [1.165, 1.54) is 17.6 Å². The monoisotopic (exact) mass is 476 g/mol. The predicted octanol–water partition coefficient (Wildman–Crippen LogP) is 2.60. The fourth-order valence-corrected chi connectivity index (χ4v) is 4.30. The Morgan fingerprint density at radius 1 is 1.12 bits per heavy atom. The van der Waals surface area contributed by atoms with Gasteiger partial charge in [-0.15, -0.1) is 11.3 Å². The fraction of sp³-hybridized carbons (Fsp3) is 0.231. The number of Topliss-reactive ketones (excluding diaryl/α,β-unsaturated/α-hetero) is 1. The minimum Gasteiger partial charge on any atom is -0.494 e. The van der Waals surface area contributed by atoms with E-state index in [1.807, 2.05) is 6.92 Å². The summed E-state index contributed by atoms with van der Waals surface area (Å²) in [7, 11) is 0. The molecule has 0 amide bonds. The number of aromatic nitrogens is 1. The zero-order valence-corrected chi connectivity index (χ0v) is 20.0. The Kier molecular flexibility index (Phi) is 8.17. The van der Waals surface area contributed by atoms with E-state index >= 15 is 0 Å². The first-order valence-corrected chi connectivity index (χ1v) is 11.5. The van der Waals surface area contributed by atoms with Gasteiger partial charge in [0.1, 0.15) is 10.4 Å². The summed E-state index contributed by atoms with van der Waals surface area (Å²) in [6.45, 7) is 5.77. The Morgan fingerprint density at radius 2 is 1.85 bits per heavy atom. The number of esters is 1. The summed E-state index contributed by atoms with van der Waals surface area (Å²) >= 11 is 1.16. The van der Waals surface area contributed by atoms with Crippen molar-refractivity contribution in [2.45, 2.75) is 27.3 Å². The third kappa shape index (κ3) is 5.88. The molecule has 0 aliphatic heterocycles. The molecule has 1 aromatic heterocycles. The molecule has 7 nitrogen and oxygen atoms in total. The number of carbonyl (C=O) groups is 2. The van der Waals surface area contributed by atoms with Gasteiger partial charge in [-0.3, -0.25) is 14.2 Å². The number of hydrogen-bond donors (Lipinski definition) is 0. The molecule has 34 heavy (non-hydrogen) atoms. The molecule has 3 rings (SSSR count). The molecule has 0 saturated heterocycles. The first-order valence-electron chi connectivity index (χ1n) is 10.7. The van der Waals surface area contributed by atoms with Gasteiger partial charge in [0.2, 0.25) is 0 Å². The van der Waals surface area contributed by atoms with Crippen LogP contribution in [0.5, 0.6) is 5.75 Å². The van der Waals surface area contributed by atoms with E-state index in [9.17, 15) is 14.4 Å². The van der Waals surface area contributed by atoms with Gasteiger partial charge in [-0.05, 0) is 62.7 Å². The molecule has 0 N–H and O–H groups in total. The van der Waals surface area contributed by atoms with Gasteiger partial charge >= 0.3 is 5.97 Å². The number of hydrogen-bond acceptors (Lipinski definition) is 7. The van der Waals surface area contributed by atoms with E-state index in [0.29, 0.717) is 38.2 Å². The minimum absolute atomic E-state index is 0.102. The summed E-state index contributed by atoms with van der Waals surface area (Å²) in [5.74, 6) is -0.0923. The van der Waals surface area contributed by atoms with Crippen LogP contribution in [0, 0.1) is 11.3 Å². The highest BCUT2D eigenvalue weighted by Crippen LogP contribution is 2.21. The molecule has 3 aromatic rings. The number of nitrogens with zero attached hydrogens (tertiary/aromatic N) is 2. The van der Waals surface area contributed by atoms with Crippen LogP contribution in [-0.2, 0) is 16.1 Å². The number of benzene rings is 2. The number of rotatable bonds is 8. The number of ketones is 1. The standard InChI is InChI=1S/C26H24N2O5S/c1-4-32-22-11-10-20(17(3)29)13-21(22)16-28-24(14-25(30)33-5-2)34-23(26(28)31)12-18-6-8-19(15-27)9-7-18/h6-14H,4-5,16H2,1-3H3. The van der Waals surface area contributed by atoms with Crippen LogP contribution in [0.3, 0.4) is 0 Å². The van der Waals surface area contributed by atoms with E-state index in [2.05, 4.69) is 6.07 Å². The molecule has 0 saturated carbocycles. The Morgan fingerprint density at radius 3 is 2.47 bits per heavy atom. The lowest BCUT2D eigenvalue weighted by atomic mass is 10.1. The highest BCUT2D eigenvalue weighted by Gasteiger charge is 2.13. The molecule has 0 unspecified atom stereocenters. The lowest BCUT2D eigenvalue weighted by Gasteiger charge is -2.12. The van der Waals surface area contributed by atoms with Crippen molar-refractivity contribution in [1.29, 1.82) is 5.26 Å². The quantitative estimate of drug-likeness (QED) is 0.366. The van der Waals surface area contributed by atoms with Gasteiger partial charge in [0, 0.05) is 11.1 Å². The summed E-state index contributed by atoms with van der Waals surface area (Å²) in [5, 5.41) is 8.99. The van der Waals surface area contributed by atoms with Crippen molar-refractivity contribution in [3.05, 3.63) is 84.3 Å². The molecule has 0 radical (unpaired) electrons. The molecule has 8 heteroatoms. The van der Waals surface area contributed by atoms with Crippen LogP contribution in [0.1, 0.15) is 47.8 Å². The normalized spacial score (nSPS) is 11.8. The van der Waals surface area contributed by atoms with E-state index in [0.717, 1.165) is 16.9 Å². The van der Waals surface area contributed by atoms with Gasteiger partial charge in [0.15, 0.2) is 5.78 Å². The zero-order chi connectivity index (χ0) is 24.7. The van der Waals surface area contributed by atoms with Crippen LogP contribution in [0.4, 0.5) is 0 Å². The summed E-state index contributed by atoms with van der Waals surface area (Å²) in [4.78, 5) is 37.5. The van der Waals surface area contributed by atoms with E-state index in [4.69, 9.17) is 14.7 Å². The Hall–Kier alpha value is -3.96. The molecule has 0 bridgehead atoms. The largest absolute Gasteiger partial charge is 0.494 e. The van der Waals surface area contributed by atoms with Crippen LogP contribution in [0.25, 0.3) is 12.2 Å². The maximum Gasteiger partial charge on any atom is 0.333 e. The van der Waals surface area contributed by atoms with Crippen molar-refractivity contribution in [1.82, 2.24) is 4.57 Å². The Balaban J connectivity index is 2.18. The average molecular weight is 477 g/mol. The highest BCUT2D eigenvalue weighted by molar-refractivity contribution is 7.07.